The van der Waals surface area contributed by atoms with Crippen molar-refractivity contribution in [3.63, 3.8) is 0 Å². The Kier molecular flexibility index (Phi) is 8.05. The van der Waals surface area contributed by atoms with Crippen LogP contribution in [0.25, 0.3) is 5.76 Å². The molecule has 8 nitrogen and oxygen atoms in total. The van der Waals surface area contributed by atoms with Gasteiger partial charge in [0.05, 0.1) is 31.7 Å². The van der Waals surface area contributed by atoms with Gasteiger partial charge in [-0.15, -0.1) is 0 Å². The zero-order valence-corrected chi connectivity index (χ0v) is 20.6. The van der Waals surface area contributed by atoms with Crippen LogP contribution in [0.3, 0.4) is 0 Å². The number of amides is 1. The first-order valence-corrected chi connectivity index (χ1v) is 12.1. The van der Waals surface area contributed by atoms with Crippen molar-refractivity contribution in [3.8, 4) is 11.5 Å². The molecular formula is C28H31N3O5. The molecule has 1 amide bonds. The van der Waals surface area contributed by atoms with E-state index in [1.807, 2.05) is 22.9 Å². The van der Waals surface area contributed by atoms with Gasteiger partial charge in [-0.2, -0.15) is 0 Å². The van der Waals surface area contributed by atoms with E-state index in [1.165, 1.54) is 4.90 Å². The number of unbranched alkanes of at least 4 members (excludes halogenated alkanes) is 1. The zero-order valence-electron chi connectivity index (χ0n) is 20.6. The van der Waals surface area contributed by atoms with Crippen molar-refractivity contribution in [2.45, 2.75) is 38.8 Å². The maximum atomic E-state index is 13.3. The Morgan fingerprint density at radius 1 is 1.06 bits per heavy atom. The van der Waals surface area contributed by atoms with Gasteiger partial charge in [-0.1, -0.05) is 37.6 Å². The lowest BCUT2D eigenvalue weighted by Gasteiger charge is -2.25. The molecule has 1 saturated heterocycles. The van der Waals surface area contributed by atoms with E-state index in [1.54, 1.807) is 56.0 Å². The molecule has 1 atom stereocenters. The highest BCUT2D eigenvalue weighted by Gasteiger charge is 2.45. The third-order valence-corrected chi connectivity index (χ3v) is 6.20. The first kappa shape index (κ1) is 25.0. The number of methoxy groups -OCH3 is 1. The number of aryl methyl sites for hydroxylation is 1. The Hall–Kier alpha value is -4.07. The van der Waals surface area contributed by atoms with Crippen LogP contribution >= 0.6 is 0 Å². The van der Waals surface area contributed by atoms with Crippen molar-refractivity contribution >= 4 is 17.4 Å². The van der Waals surface area contributed by atoms with Gasteiger partial charge in [0.2, 0.25) is 0 Å². The number of carbonyl (C=O) groups excluding carboxylic acids is 2. The second-order valence-electron chi connectivity index (χ2n) is 8.65. The van der Waals surface area contributed by atoms with E-state index in [0.29, 0.717) is 48.7 Å². The highest BCUT2D eigenvalue weighted by atomic mass is 16.5. The molecule has 3 aromatic rings. The minimum atomic E-state index is -0.743. The average Bonchev–Trinajstić information content (AvgIpc) is 3.51. The van der Waals surface area contributed by atoms with Gasteiger partial charge >= 0.3 is 0 Å². The van der Waals surface area contributed by atoms with Gasteiger partial charge in [-0.3, -0.25) is 9.59 Å². The Bertz CT molecular complexity index is 1240. The number of hydrogen-bond acceptors (Lipinski definition) is 6. The molecule has 0 spiro atoms. The molecule has 1 aromatic heterocycles. The number of aliphatic hydroxyl groups excluding tert-OH is 1. The molecule has 2 heterocycles. The lowest BCUT2D eigenvalue weighted by atomic mass is 9.95. The van der Waals surface area contributed by atoms with Crippen LogP contribution in [0, 0.1) is 0 Å². The second-order valence-corrected chi connectivity index (χ2v) is 8.65. The maximum Gasteiger partial charge on any atom is 0.295 e. The molecule has 36 heavy (non-hydrogen) atoms. The Morgan fingerprint density at radius 3 is 2.61 bits per heavy atom. The topological polar surface area (TPSA) is 93.9 Å². The van der Waals surface area contributed by atoms with Crippen molar-refractivity contribution in [3.05, 3.63) is 84.0 Å². The Balaban J connectivity index is 1.71. The molecule has 4 rings (SSSR count). The SMILES string of the molecule is CCCCOc1cccc(/C(O)=C2\C(=O)C(=O)N(CCCn3ccnc3)C2c2cccc(OC)c2)c1. The quantitative estimate of drug-likeness (QED) is 0.183. The molecular weight excluding hydrogens is 458 g/mol. The fourth-order valence-corrected chi connectivity index (χ4v) is 4.33. The number of imidazole rings is 1. The number of hydrogen-bond donors (Lipinski definition) is 1. The number of ether oxygens (including phenoxy) is 2. The number of aromatic nitrogens is 2. The number of benzene rings is 2. The molecule has 2 aromatic carbocycles. The largest absolute Gasteiger partial charge is 0.507 e. The fraction of sp³-hybridized carbons (Fsp3) is 0.321. The predicted molar refractivity (Wildman–Crippen MR) is 136 cm³/mol. The van der Waals surface area contributed by atoms with Crippen molar-refractivity contribution < 1.29 is 24.2 Å². The van der Waals surface area contributed by atoms with Crippen molar-refractivity contribution in [2.24, 2.45) is 0 Å². The third-order valence-electron chi connectivity index (χ3n) is 6.20. The van der Waals surface area contributed by atoms with E-state index < -0.39 is 17.7 Å². The lowest BCUT2D eigenvalue weighted by molar-refractivity contribution is -0.139. The molecule has 1 aliphatic rings. The molecule has 0 saturated carbocycles. The zero-order chi connectivity index (χ0) is 25.5. The summed E-state index contributed by atoms with van der Waals surface area (Å²) in [7, 11) is 1.56. The summed E-state index contributed by atoms with van der Waals surface area (Å²) < 4.78 is 13.1. The number of nitrogens with zero attached hydrogens (tertiary/aromatic N) is 3. The molecule has 8 heteroatoms. The maximum absolute atomic E-state index is 13.3. The Morgan fingerprint density at radius 2 is 1.86 bits per heavy atom. The summed E-state index contributed by atoms with van der Waals surface area (Å²) in [4.78, 5) is 32.0. The van der Waals surface area contributed by atoms with Crippen molar-refractivity contribution in [1.82, 2.24) is 14.5 Å². The normalized spacial score (nSPS) is 16.9. The lowest BCUT2D eigenvalue weighted by Crippen LogP contribution is -2.31. The smallest absolute Gasteiger partial charge is 0.295 e. The van der Waals surface area contributed by atoms with Crippen LogP contribution in [0.4, 0.5) is 0 Å². The Labute approximate surface area is 210 Å². The number of aliphatic hydroxyl groups is 1. The highest BCUT2D eigenvalue weighted by Crippen LogP contribution is 2.40. The summed E-state index contributed by atoms with van der Waals surface area (Å²) in [6, 6.07) is 13.5. The number of carbonyl (C=O) groups is 2. The van der Waals surface area contributed by atoms with Gasteiger partial charge in [-0.25, -0.2) is 4.98 Å². The van der Waals surface area contributed by atoms with Gasteiger partial charge < -0.3 is 24.0 Å². The first-order chi connectivity index (χ1) is 17.5. The summed E-state index contributed by atoms with van der Waals surface area (Å²) in [6.07, 6.45) is 7.79. The number of rotatable bonds is 11. The van der Waals surface area contributed by atoms with Gasteiger partial charge in [0.15, 0.2) is 0 Å². The second kappa shape index (κ2) is 11.6. The van der Waals surface area contributed by atoms with Crippen molar-refractivity contribution in [1.29, 1.82) is 0 Å². The molecule has 1 aliphatic heterocycles. The first-order valence-electron chi connectivity index (χ1n) is 12.1. The molecule has 1 fully saturated rings. The third kappa shape index (κ3) is 5.43. The van der Waals surface area contributed by atoms with Crippen LogP contribution < -0.4 is 9.47 Å². The van der Waals surface area contributed by atoms with Crippen LogP contribution in [-0.2, 0) is 16.1 Å². The van der Waals surface area contributed by atoms with E-state index in [0.717, 1.165) is 12.8 Å². The van der Waals surface area contributed by atoms with Crippen LogP contribution in [-0.4, -0.2) is 51.5 Å². The van der Waals surface area contributed by atoms with Crippen LogP contribution in [0.2, 0.25) is 0 Å². The van der Waals surface area contributed by atoms with E-state index >= 15 is 0 Å². The van der Waals surface area contributed by atoms with E-state index in [9.17, 15) is 14.7 Å². The molecule has 0 radical (unpaired) electrons. The van der Waals surface area contributed by atoms with Crippen LogP contribution in [0.1, 0.15) is 43.4 Å². The summed E-state index contributed by atoms with van der Waals surface area (Å²) in [5.74, 6) is -0.368. The molecule has 0 aliphatic carbocycles. The summed E-state index contributed by atoms with van der Waals surface area (Å²) in [5, 5.41) is 11.3. The van der Waals surface area contributed by atoms with Crippen molar-refractivity contribution in [2.75, 3.05) is 20.3 Å². The number of ketones is 1. The monoisotopic (exact) mass is 489 g/mol. The molecule has 1 unspecified atom stereocenters. The number of Topliss-reactive ketones (excluding diaryl/α,β-unsaturated/α-hetero) is 1. The average molecular weight is 490 g/mol. The molecule has 188 valence electrons. The summed E-state index contributed by atoms with van der Waals surface area (Å²) in [6.45, 7) is 3.62. The standard InChI is InChI=1S/C28H31N3O5/c1-3-4-16-36-23-11-6-9-21(18-23)26(32)24-25(20-8-5-10-22(17-20)35-2)31(28(34)27(24)33)14-7-13-30-15-12-29-19-30/h5-6,8-12,15,17-19,25,32H,3-4,7,13-14,16H2,1-2H3/b26-24+. The van der Waals surface area contributed by atoms with Gasteiger partial charge in [-0.05, 0) is 42.7 Å². The van der Waals surface area contributed by atoms with Gasteiger partial charge in [0, 0.05) is 31.0 Å². The summed E-state index contributed by atoms with van der Waals surface area (Å²) >= 11 is 0. The highest BCUT2D eigenvalue weighted by molar-refractivity contribution is 6.46. The van der Waals surface area contributed by atoms with E-state index in [-0.39, 0.29) is 11.3 Å². The molecule has 1 N–H and O–H groups in total. The number of likely N-dealkylation sites (tertiary alicyclic amines) is 1. The molecule has 0 bridgehead atoms. The van der Waals surface area contributed by atoms with Crippen LogP contribution in [0.5, 0.6) is 11.5 Å². The predicted octanol–water partition coefficient (Wildman–Crippen LogP) is 4.58. The van der Waals surface area contributed by atoms with Gasteiger partial charge in [0.1, 0.15) is 17.3 Å². The minimum absolute atomic E-state index is 0.0570. The van der Waals surface area contributed by atoms with Crippen LogP contribution in [0.15, 0.2) is 72.8 Å². The van der Waals surface area contributed by atoms with Gasteiger partial charge in [0.25, 0.3) is 11.7 Å². The van der Waals surface area contributed by atoms with E-state index in [2.05, 4.69) is 11.9 Å². The fourth-order valence-electron chi connectivity index (χ4n) is 4.33. The minimum Gasteiger partial charge on any atom is -0.507 e. The summed E-state index contributed by atoms with van der Waals surface area (Å²) in [5.41, 5.74) is 1.17. The van der Waals surface area contributed by atoms with E-state index in [4.69, 9.17) is 9.47 Å².